The van der Waals surface area contributed by atoms with Crippen molar-refractivity contribution < 1.29 is 9.90 Å². The van der Waals surface area contributed by atoms with E-state index in [1.807, 2.05) is 42.3 Å². The fourth-order valence-corrected chi connectivity index (χ4v) is 2.19. The van der Waals surface area contributed by atoms with Crippen LogP contribution in [0.1, 0.15) is 6.42 Å². The van der Waals surface area contributed by atoms with Crippen LogP contribution < -0.4 is 4.90 Å². The third-order valence-electron chi connectivity index (χ3n) is 3.22. The molecule has 1 saturated heterocycles. The number of rotatable bonds is 2. The van der Waals surface area contributed by atoms with Crippen LogP contribution in [-0.4, -0.2) is 48.7 Å². The number of nitrogens with zero attached hydrogens (tertiary/aromatic N) is 2. The number of aliphatic hydroxyl groups excluding tert-OH is 1. The first kappa shape index (κ1) is 12.1. The number of benzene rings is 1. The van der Waals surface area contributed by atoms with Crippen LogP contribution in [0.2, 0.25) is 0 Å². The van der Waals surface area contributed by atoms with Crippen molar-refractivity contribution in [3.63, 3.8) is 0 Å². The molecular weight excluding hydrogens is 216 g/mol. The molecule has 0 radical (unpaired) electrons. The van der Waals surface area contributed by atoms with Gasteiger partial charge in [-0.05, 0) is 25.6 Å². The Labute approximate surface area is 101 Å². The summed E-state index contributed by atoms with van der Waals surface area (Å²) in [6.07, 6.45) is 0.924. The largest absolute Gasteiger partial charge is 0.394 e. The predicted octanol–water partition coefficient (Wildman–Crippen LogP) is 0.716. The molecule has 0 spiro atoms. The molecule has 1 unspecified atom stereocenters. The summed E-state index contributed by atoms with van der Waals surface area (Å²) in [4.78, 5) is 16.0. The van der Waals surface area contributed by atoms with E-state index in [2.05, 4.69) is 0 Å². The maximum absolute atomic E-state index is 12.3. The molecule has 1 amide bonds. The number of para-hydroxylation sites is 1. The van der Waals surface area contributed by atoms with Crippen LogP contribution in [0.15, 0.2) is 30.3 Å². The van der Waals surface area contributed by atoms with E-state index in [4.69, 9.17) is 0 Å². The highest BCUT2D eigenvalue weighted by Gasteiger charge is 2.30. The van der Waals surface area contributed by atoms with Gasteiger partial charge in [-0.3, -0.25) is 9.69 Å². The van der Waals surface area contributed by atoms with E-state index in [1.165, 1.54) is 0 Å². The molecular formula is C13H18N2O2. The van der Waals surface area contributed by atoms with E-state index in [9.17, 15) is 9.90 Å². The monoisotopic (exact) mass is 234 g/mol. The van der Waals surface area contributed by atoms with Crippen molar-refractivity contribution in [3.05, 3.63) is 30.3 Å². The molecule has 1 aromatic carbocycles. The highest BCUT2D eigenvalue weighted by Crippen LogP contribution is 2.18. The van der Waals surface area contributed by atoms with Crippen molar-refractivity contribution in [3.8, 4) is 0 Å². The quantitative estimate of drug-likeness (QED) is 0.820. The minimum Gasteiger partial charge on any atom is -0.394 e. The van der Waals surface area contributed by atoms with E-state index in [0.717, 1.165) is 18.7 Å². The van der Waals surface area contributed by atoms with E-state index in [0.29, 0.717) is 6.54 Å². The lowest BCUT2D eigenvalue weighted by Gasteiger charge is -2.26. The lowest BCUT2D eigenvalue weighted by molar-refractivity contribution is -0.123. The van der Waals surface area contributed by atoms with Crippen LogP contribution in [0.3, 0.4) is 0 Å². The Morgan fingerprint density at radius 3 is 2.65 bits per heavy atom. The van der Waals surface area contributed by atoms with Gasteiger partial charge in [0.25, 0.3) is 0 Å². The number of anilines is 1. The first-order chi connectivity index (χ1) is 8.24. The Balaban J connectivity index is 2.25. The maximum atomic E-state index is 12.3. The molecule has 1 heterocycles. The first-order valence-corrected chi connectivity index (χ1v) is 5.91. The molecule has 1 aliphatic rings. The topological polar surface area (TPSA) is 43.8 Å². The average Bonchev–Trinajstić information content (AvgIpc) is 2.49. The molecule has 1 N–H and O–H groups in total. The van der Waals surface area contributed by atoms with Gasteiger partial charge in [0.2, 0.25) is 5.91 Å². The Bertz CT molecular complexity index is 380. The highest BCUT2D eigenvalue weighted by molar-refractivity contribution is 5.97. The Hall–Kier alpha value is -1.39. The molecule has 17 heavy (non-hydrogen) atoms. The Kier molecular flexibility index (Phi) is 3.76. The van der Waals surface area contributed by atoms with Gasteiger partial charge in [-0.1, -0.05) is 18.2 Å². The third kappa shape index (κ3) is 2.48. The second-order valence-corrected chi connectivity index (χ2v) is 4.36. The number of hydrogen-bond donors (Lipinski definition) is 1. The minimum atomic E-state index is -0.419. The molecule has 1 aromatic rings. The van der Waals surface area contributed by atoms with Gasteiger partial charge < -0.3 is 10.0 Å². The smallest absolute Gasteiger partial charge is 0.246 e. The third-order valence-corrected chi connectivity index (χ3v) is 3.22. The van der Waals surface area contributed by atoms with Gasteiger partial charge >= 0.3 is 0 Å². The van der Waals surface area contributed by atoms with Crippen molar-refractivity contribution in [1.29, 1.82) is 0 Å². The highest BCUT2D eigenvalue weighted by atomic mass is 16.3. The molecule has 0 aliphatic carbocycles. The summed E-state index contributed by atoms with van der Waals surface area (Å²) in [5, 5.41) is 9.33. The Morgan fingerprint density at radius 2 is 2.00 bits per heavy atom. The molecule has 92 valence electrons. The zero-order valence-corrected chi connectivity index (χ0v) is 10.0. The number of hydrogen-bond acceptors (Lipinski definition) is 3. The Morgan fingerprint density at radius 1 is 1.29 bits per heavy atom. The van der Waals surface area contributed by atoms with Gasteiger partial charge in [-0.15, -0.1) is 0 Å². The van der Waals surface area contributed by atoms with Gasteiger partial charge in [-0.25, -0.2) is 0 Å². The second kappa shape index (κ2) is 5.29. The summed E-state index contributed by atoms with van der Waals surface area (Å²) in [7, 11) is 1.88. The van der Waals surface area contributed by atoms with Gasteiger partial charge in [0.1, 0.15) is 6.04 Å². The number of aliphatic hydroxyl groups is 1. The van der Waals surface area contributed by atoms with Crippen LogP contribution in [0.25, 0.3) is 0 Å². The fourth-order valence-electron chi connectivity index (χ4n) is 2.19. The molecule has 2 rings (SSSR count). The number of likely N-dealkylation sites (N-methyl/N-ethyl adjacent to an activating group) is 1. The van der Waals surface area contributed by atoms with Gasteiger partial charge in [-0.2, -0.15) is 0 Å². The van der Waals surface area contributed by atoms with Crippen molar-refractivity contribution in [2.45, 2.75) is 12.5 Å². The maximum Gasteiger partial charge on any atom is 0.246 e. The summed E-state index contributed by atoms with van der Waals surface area (Å²) in [6, 6.07) is 9.21. The van der Waals surface area contributed by atoms with Crippen LogP contribution in [-0.2, 0) is 4.79 Å². The number of carbonyl (C=O) groups excluding carboxylic acids is 1. The summed E-state index contributed by atoms with van der Waals surface area (Å²) in [5.41, 5.74) is 0.909. The SMILES string of the molecule is CN1CCCN(c2ccccc2)C(=O)C1CO. The molecule has 4 heteroatoms. The summed E-state index contributed by atoms with van der Waals surface area (Å²) in [5.74, 6) is -0.0151. The van der Waals surface area contributed by atoms with Crippen LogP contribution in [0.4, 0.5) is 5.69 Å². The number of carbonyl (C=O) groups is 1. The van der Waals surface area contributed by atoms with Gasteiger partial charge in [0.05, 0.1) is 6.61 Å². The molecule has 0 bridgehead atoms. The molecule has 1 aliphatic heterocycles. The van der Waals surface area contributed by atoms with E-state index >= 15 is 0 Å². The van der Waals surface area contributed by atoms with E-state index in [1.54, 1.807) is 4.90 Å². The van der Waals surface area contributed by atoms with Gasteiger partial charge in [0.15, 0.2) is 0 Å². The first-order valence-electron chi connectivity index (χ1n) is 5.91. The van der Waals surface area contributed by atoms with Crippen LogP contribution in [0.5, 0.6) is 0 Å². The van der Waals surface area contributed by atoms with Crippen LogP contribution >= 0.6 is 0 Å². The van der Waals surface area contributed by atoms with E-state index in [-0.39, 0.29) is 12.5 Å². The van der Waals surface area contributed by atoms with E-state index < -0.39 is 6.04 Å². The standard InChI is InChI=1S/C13H18N2O2/c1-14-8-5-9-15(13(17)12(14)10-16)11-6-3-2-4-7-11/h2-4,6-7,12,16H,5,8-10H2,1H3. The number of amides is 1. The summed E-state index contributed by atoms with van der Waals surface area (Å²) in [6.45, 7) is 1.42. The van der Waals surface area contributed by atoms with Crippen molar-refractivity contribution in [1.82, 2.24) is 4.90 Å². The fraction of sp³-hybridized carbons (Fsp3) is 0.462. The van der Waals surface area contributed by atoms with Crippen LogP contribution in [0, 0.1) is 0 Å². The molecule has 1 atom stereocenters. The normalized spacial score (nSPS) is 22.6. The van der Waals surface area contributed by atoms with Gasteiger partial charge in [0, 0.05) is 18.8 Å². The van der Waals surface area contributed by atoms with Crippen molar-refractivity contribution >= 4 is 11.6 Å². The molecule has 1 fully saturated rings. The zero-order valence-electron chi connectivity index (χ0n) is 10.0. The predicted molar refractivity (Wildman–Crippen MR) is 66.9 cm³/mol. The lowest BCUT2D eigenvalue weighted by atomic mass is 10.2. The summed E-state index contributed by atoms with van der Waals surface area (Å²) >= 11 is 0. The lowest BCUT2D eigenvalue weighted by Crippen LogP contribution is -2.46. The second-order valence-electron chi connectivity index (χ2n) is 4.36. The zero-order chi connectivity index (χ0) is 12.3. The van der Waals surface area contributed by atoms with Crippen molar-refractivity contribution in [2.75, 3.05) is 31.6 Å². The summed E-state index contributed by atoms with van der Waals surface area (Å²) < 4.78 is 0. The van der Waals surface area contributed by atoms with Crippen molar-refractivity contribution in [2.24, 2.45) is 0 Å². The molecule has 4 nitrogen and oxygen atoms in total. The minimum absolute atomic E-state index is 0.0151. The molecule has 0 aromatic heterocycles. The average molecular weight is 234 g/mol. The molecule has 0 saturated carbocycles.